The van der Waals surface area contributed by atoms with Crippen LogP contribution in [0.3, 0.4) is 0 Å². The summed E-state index contributed by atoms with van der Waals surface area (Å²) in [4.78, 5) is 12.0. The minimum Gasteiger partial charge on any atom is -0.351 e. The van der Waals surface area contributed by atoms with E-state index in [-0.39, 0.29) is 11.9 Å². The Morgan fingerprint density at radius 1 is 0.875 bits per heavy atom. The summed E-state index contributed by atoms with van der Waals surface area (Å²) in [6.45, 7) is 3.48. The molecule has 0 bridgehead atoms. The van der Waals surface area contributed by atoms with E-state index in [1.54, 1.807) is 0 Å². The average Bonchev–Trinajstić information content (AvgIpc) is 2.65. The first kappa shape index (κ1) is 16.2. The highest BCUT2D eigenvalue weighted by Crippen LogP contribution is 2.23. The molecule has 2 N–H and O–H groups in total. The number of carbonyl (C=O) groups is 1. The van der Waals surface area contributed by atoms with Crippen LogP contribution in [0.1, 0.15) is 28.9 Å². The Morgan fingerprint density at radius 3 is 2.42 bits per heavy atom. The van der Waals surface area contributed by atoms with Gasteiger partial charge in [-0.05, 0) is 35.4 Å². The van der Waals surface area contributed by atoms with E-state index < -0.39 is 0 Å². The van der Waals surface area contributed by atoms with Crippen LogP contribution in [0.5, 0.6) is 0 Å². The van der Waals surface area contributed by atoms with E-state index in [1.165, 1.54) is 16.3 Å². The maximum atomic E-state index is 12.0. The van der Waals surface area contributed by atoms with Gasteiger partial charge < -0.3 is 10.6 Å². The number of carbonyl (C=O) groups excluding carboxylic acids is 1. The first-order valence-electron chi connectivity index (χ1n) is 8.30. The minimum absolute atomic E-state index is 0.0322. The van der Waals surface area contributed by atoms with Gasteiger partial charge in [-0.15, -0.1) is 0 Å². The maximum Gasteiger partial charge on any atom is 0.251 e. The van der Waals surface area contributed by atoms with Crippen molar-refractivity contribution in [3.8, 4) is 0 Å². The lowest BCUT2D eigenvalue weighted by Gasteiger charge is -2.17. The molecule has 1 atom stereocenters. The Hall–Kier alpha value is -2.65. The Kier molecular flexibility index (Phi) is 5.24. The smallest absolute Gasteiger partial charge is 0.251 e. The molecule has 3 aromatic rings. The van der Waals surface area contributed by atoms with E-state index >= 15 is 0 Å². The molecule has 0 saturated carbocycles. The zero-order chi connectivity index (χ0) is 16.8. The van der Waals surface area contributed by atoms with Gasteiger partial charge in [0.1, 0.15) is 0 Å². The number of amides is 1. The van der Waals surface area contributed by atoms with Gasteiger partial charge in [-0.3, -0.25) is 4.79 Å². The molecule has 122 valence electrons. The topological polar surface area (TPSA) is 41.1 Å². The van der Waals surface area contributed by atoms with Crippen molar-refractivity contribution < 1.29 is 4.79 Å². The van der Waals surface area contributed by atoms with Crippen LogP contribution < -0.4 is 10.6 Å². The highest BCUT2D eigenvalue weighted by molar-refractivity contribution is 5.94. The molecule has 0 aromatic heterocycles. The number of nitrogens with one attached hydrogen (secondary N) is 2. The first-order valence-corrected chi connectivity index (χ1v) is 8.30. The second kappa shape index (κ2) is 7.75. The molecular formula is C21H22N2O. The molecule has 0 saturated heterocycles. The van der Waals surface area contributed by atoms with E-state index in [1.807, 2.05) is 30.3 Å². The summed E-state index contributed by atoms with van der Waals surface area (Å²) in [6, 6.07) is 24.3. The van der Waals surface area contributed by atoms with Crippen LogP contribution in [0, 0.1) is 0 Å². The molecule has 0 heterocycles. The van der Waals surface area contributed by atoms with Crippen LogP contribution in [0.15, 0.2) is 72.8 Å². The van der Waals surface area contributed by atoms with Gasteiger partial charge in [-0.1, -0.05) is 60.7 Å². The third-order valence-electron chi connectivity index (χ3n) is 4.19. The van der Waals surface area contributed by atoms with Gasteiger partial charge in [0.25, 0.3) is 5.91 Å². The van der Waals surface area contributed by atoms with Crippen LogP contribution in [0.25, 0.3) is 10.8 Å². The van der Waals surface area contributed by atoms with Crippen molar-refractivity contribution in [3.05, 3.63) is 83.9 Å². The van der Waals surface area contributed by atoms with Gasteiger partial charge in [-0.25, -0.2) is 0 Å². The van der Waals surface area contributed by atoms with E-state index in [2.05, 4.69) is 60.0 Å². The summed E-state index contributed by atoms with van der Waals surface area (Å²) in [5, 5.41) is 8.95. The van der Waals surface area contributed by atoms with E-state index in [4.69, 9.17) is 0 Å². The summed E-state index contributed by atoms with van der Waals surface area (Å²) in [6.07, 6.45) is 0. The Labute approximate surface area is 142 Å². The van der Waals surface area contributed by atoms with Crippen LogP contribution in [0.4, 0.5) is 0 Å². The van der Waals surface area contributed by atoms with Crippen molar-refractivity contribution in [2.45, 2.75) is 13.0 Å². The molecular weight excluding hydrogens is 296 g/mol. The third-order valence-corrected chi connectivity index (χ3v) is 4.19. The quantitative estimate of drug-likeness (QED) is 0.676. The van der Waals surface area contributed by atoms with Crippen molar-refractivity contribution in [1.29, 1.82) is 0 Å². The molecule has 0 fully saturated rings. The molecule has 0 spiro atoms. The van der Waals surface area contributed by atoms with Gasteiger partial charge in [0, 0.05) is 24.7 Å². The van der Waals surface area contributed by atoms with Crippen molar-refractivity contribution in [2.24, 2.45) is 0 Å². The maximum absolute atomic E-state index is 12.0. The van der Waals surface area contributed by atoms with E-state index in [9.17, 15) is 4.79 Å². The standard InChI is InChI=1S/C21H22N2O/c1-16(19-13-7-11-17-8-5-6-12-20(17)19)22-14-15-23-21(24)18-9-3-2-4-10-18/h2-13,16,22H,14-15H2,1H3,(H,23,24). The van der Waals surface area contributed by atoms with Crippen molar-refractivity contribution >= 4 is 16.7 Å². The van der Waals surface area contributed by atoms with Crippen LogP contribution in [-0.4, -0.2) is 19.0 Å². The predicted molar refractivity (Wildman–Crippen MR) is 99.1 cm³/mol. The second-order valence-electron chi connectivity index (χ2n) is 5.87. The first-order chi connectivity index (χ1) is 11.8. The molecule has 24 heavy (non-hydrogen) atoms. The summed E-state index contributed by atoms with van der Waals surface area (Å²) < 4.78 is 0. The van der Waals surface area contributed by atoms with Gasteiger partial charge >= 0.3 is 0 Å². The zero-order valence-corrected chi connectivity index (χ0v) is 13.8. The highest BCUT2D eigenvalue weighted by atomic mass is 16.1. The SMILES string of the molecule is CC(NCCNC(=O)c1ccccc1)c1cccc2ccccc12. The minimum atomic E-state index is -0.0322. The lowest BCUT2D eigenvalue weighted by atomic mass is 10.00. The number of hydrogen-bond donors (Lipinski definition) is 2. The molecule has 3 heteroatoms. The monoisotopic (exact) mass is 318 g/mol. The van der Waals surface area contributed by atoms with Crippen molar-refractivity contribution in [3.63, 3.8) is 0 Å². The fourth-order valence-corrected chi connectivity index (χ4v) is 2.89. The molecule has 3 nitrogen and oxygen atoms in total. The number of hydrogen-bond acceptors (Lipinski definition) is 2. The fraction of sp³-hybridized carbons (Fsp3) is 0.190. The van der Waals surface area contributed by atoms with Crippen molar-refractivity contribution in [2.75, 3.05) is 13.1 Å². The lowest BCUT2D eigenvalue weighted by Crippen LogP contribution is -2.32. The molecule has 0 aliphatic carbocycles. The molecule has 1 amide bonds. The third kappa shape index (κ3) is 3.81. The Morgan fingerprint density at radius 2 is 1.58 bits per heavy atom. The molecule has 1 unspecified atom stereocenters. The normalized spacial score (nSPS) is 12.0. The van der Waals surface area contributed by atoms with Gasteiger partial charge in [0.05, 0.1) is 0 Å². The summed E-state index contributed by atoms with van der Waals surface area (Å²) in [7, 11) is 0. The summed E-state index contributed by atoms with van der Waals surface area (Å²) >= 11 is 0. The largest absolute Gasteiger partial charge is 0.351 e. The number of rotatable bonds is 6. The molecule has 0 radical (unpaired) electrons. The second-order valence-corrected chi connectivity index (χ2v) is 5.87. The van der Waals surface area contributed by atoms with E-state index in [0.717, 1.165) is 6.54 Å². The molecule has 3 aromatic carbocycles. The van der Waals surface area contributed by atoms with Gasteiger partial charge in [-0.2, -0.15) is 0 Å². The summed E-state index contributed by atoms with van der Waals surface area (Å²) in [5.74, 6) is -0.0322. The van der Waals surface area contributed by atoms with Gasteiger partial charge in [0.2, 0.25) is 0 Å². The Balaban J connectivity index is 1.54. The van der Waals surface area contributed by atoms with Crippen LogP contribution in [-0.2, 0) is 0 Å². The Bertz CT molecular complexity index is 809. The van der Waals surface area contributed by atoms with E-state index in [0.29, 0.717) is 12.1 Å². The van der Waals surface area contributed by atoms with Gasteiger partial charge in [0.15, 0.2) is 0 Å². The number of benzene rings is 3. The summed E-state index contributed by atoms with van der Waals surface area (Å²) in [5.41, 5.74) is 1.97. The van der Waals surface area contributed by atoms with Crippen LogP contribution >= 0.6 is 0 Å². The average molecular weight is 318 g/mol. The fourth-order valence-electron chi connectivity index (χ4n) is 2.89. The predicted octanol–water partition coefficient (Wildman–Crippen LogP) is 3.92. The number of fused-ring (bicyclic) bond motifs is 1. The molecule has 0 aliphatic rings. The zero-order valence-electron chi connectivity index (χ0n) is 13.8. The lowest BCUT2D eigenvalue weighted by molar-refractivity contribution is 0.0953. The molecule has 0 aliphatic heterocycles. The molecule has 3 rings (SSSR count). The highest BCUT2D eigenvalue weighted by Gasteiger charge is 2.09. The van der Waals surface area contributed by atoms with Crippen molar-refractivity contribution in [1.82, 2.24) is 10.6 Å². The van der Waals surface area contributed by atoms with Crippen LogP contribution in [0.2, 0.25) is 0 Å².